The molecular weight excluding hydrogens is 245 g/mol. The number of hydrogen-bond acceptors (Lipinski definition) is 2. The molecule has 0 aliphatic rings. The van der Waals surface area contributed by atoms with Crippen LogP contribution in [0, 0.1) is 18.3 Å². The fourth-order valence-corrected chi connectivity index (χ4v) is 1.94. The van der Waals surface area contributed by atoms with Gasteiger partial charge in [0.25, 0.3) is 0 Å². The van der Waals surface area contributed by atoms with E-state index in [1.54, 1.807) is 6.92 Å². The van der Waals surface area contributed by atoms with Gasteiger partial charge >= 0.3 is 6.18 Å². The van der Waals surface area contributed by atoms with E-state index in [9.17, 15) is 13.2 Å². The van der Waals surface area contributed by atoms with E-state index in [0.717, 1.165) is 12.1 Å². The number of aromatic nitrogens is 1. The molecule has 6 heteroatoms. The molecule has 18 heavy (non-hydrogen) atoms. The highest BCUT2D eigenvalue weighted by Gasteiger charge is 2.31. The monoisotopic (exact) mass is 254 g/mol. The summed E-state index contributed by atoms with van der Waals surface area (Å²) in [6, 6.07) is 5.14. The molecule has 0 amide bonds. The van der Waals surface area contributed by atoms with Crippen molar-refractivity contribution >= 4 is 10.9 Å². The van der Waals surface area contributed by atoms with Gasteiger partial charge in [-0.2, -0.15) is 23.2 Å². The van der Waals surface area contributed by atoms with Gasteiger partial charge < -0.3 is 4.84 Å². The van der Waals surface area contributed by atoms with Crippen molar-refractivity contribution in [2.45, 2.75) is 13.1 Å². The molecule has 0 N–H and O–H groups in total. The van der Waals surface area contributed by atoms with Crippen molar-refractivity contribution in [1.29, 1.82) is 5.26 Å². The Hall–Kier alpha value is -2.16. The fraction of sp³-hybridized carbons (Fsp3) is 0.250. The third-order valence-electron chi connectivity index (χ3n) is 2.77. The zero-order valence-corrected chi connectivity index (χ0v) is 9.67. The van der Waals surface area contributed by atoms with Gasteiger partial charge in [0.1, 0.15) is 13.2 Å². The molecule has 1 aromatic heterocycles. The van der Waals surface area contributed by atoms with Crippen LogP contribution in [0.25, 0.3) is 10.9 Å². The summed E-state index contributed by atoms with van der Waals surface area (Å²) in [4.78, 5) is 5.05. The lowest BCUT2D eigenvalue weighted by molar-refractivity contribution is -0.137. The Morgan fingerprint density at radius 2 is 2.00 bits per heavy atom. The number of halogens is 3. The molecule has 0 spiro atoms. The molecule has 0 aliphatic heterocycles. The molecule has 0 saturated carbocycles. The standard InChI is InChI=1S/C12H9F3N2O/c1-7-10(6-16)9-5-8(12(13,14)15)3-4-11(9)17(7)18-2/h3-5H,1-2H3. The normalized spacial score (nSPS) is 11.6. The van der Waals surface area contributed by atoms with Crippen LogP contribution in [0.15, 0.2) is 18.2 Å². The van der Waals surface area contributed by atoms with E-state index in [4.69, 9.17) is 10.1 Å². The molecule has 0 saturated heterocycles. The second kappa shape index (κ2) is 3.95. The number of hydrogen-bond donors (Lipinski definition) is 0. The number of fused-ring (bicyclic) bond motifs is 1. The highest BCUT2D eigenvalue weighted by molar-refractivity contribution is 5.88. The summed E-state index contributed by atoms with van der Waals surface area (Å²) in [5.74, 6) is 0. The summed E-state index contributed by atoms with van der Waals surface area (Å²) in [7, 11) is 1.39. The van der Waals surface area contributed by atoms with Crippen LogP contribution in [0.1, 0.15) is 16.8 Å². The molecule has 2 rings (SSSR count). The Morgan fingerprint density at radius 1 is 1.33 bits per heavy atom. The molecule has 0 aliphatic carbocycles. The SMILES string of the molecule is COn1c(C)c(C#N)c2cc(C(F)(F)F)ccc21. The van der Waals surface area contributed by atoms with Crippen molar-refractivity contribution in [1.82, 2.24) is 4.73 Å². The van der Waals surface area contributed by atoms with Crippen LogP contribution in [0.2, 0.25) is 0 Å². The third kappa shape index (κ3) is 1.68. The van der Waals surface area contributed by atoms with E-state index in [1.165, 1.54) is 17.9 Å². The van der Waals surface area contributed by atoms with E-state index in [2.05, 4.69) is 0 Å². The summed E-state index contributed by atoms with van der Waals surface area (Å²) < 4.78 is 39.2. The van der Waals surface area contributed by atoms with Gasteiger partial charge in [0.15, 0.2) is 0 Å². The van der Waals surface area contributed by atoms with Gasteiger partial charge in [-0.05, 0) is 25.1 Å². The Labute approximate surface area is 101 Å². The Bertz CT molecular complexity index is 650. The molecule has 0 atom stereocenters. The second-order valence-electron chi connectivity index (χ2n) is 3.78. The first kappa shape index (κ1) is 12.3. The van der Waals surface area contributed by atoms with Crippen LogP contribution < -0.4 is 4.84 Å². The van der Waals surface area contributed by atoms with Gasteiger partial charge in [0.05, 0.1) is 22.3 Å². The van der Waals surface area contributed by atoms with Gasteiger partial charge in [-0.15, -0.1) is 0 Å². The van der Waals surface area contributed by atoms with Crippen molar-refractivity contribution in [3.63, 3.8) is 0 Å². The summed E-state index contributed by atoms with van der Waals surface area (Å²) >= 11 is 0. The summed E-state index contributed by atoms with van der Waals surface area (Å²) in [6.07, 6.45) is -4.43. The first-order chi connectivity index (χ1) is 8.40. The van der Waals surface area contributed by atoms with Gasteiger partial charge in [-0.1, -0.05) is 0 Å². The van der Waals surface area contributed by atoms with E-state index >= 15 is 0 Å². The van der Waals surface area contributed by atoms with E-state index in [1.807, 2.05) is 6.07 Å². The van der Waals surface area contributed by atoms with Gasteiger partial charge in [-0.3, -0.25) is 0 Å². The molecule has 1 heterocycles. The van der Waals surface area contributed by atoms with Crippen molar-refractivity contribution in [3.8, 4) is 6.07 Å². The molecule has 0 fully saturated rings. The largest absolute Gasteiger partial charge is 0.417 e. The minimum atomic E-state index is -4.43. The van der Waals surface area contributed by atoms with Crippen molar-refractivity contribution in [2.24, 2.45) is 0 Å². The Balaban J connectivity index is 2.82. The molecule has 0 bridgehead atoms. The third-order valence-corrected chi connectivity index (χ3v) is 2.77. The molecule has 3 nitrogen and oxygen atoms in total. The smallest absolute Gasteiger partial charge is 0.416 e. The summed E-state index contributed by atoms with van der Waals surface area (Å²) in [5, 5.41) is 9.26. The fourth-order valence-electron chi connectivity index (χ4n) is 1.94. The number of nitrogens with zero attached hydrogens (tertiary/aromatic N) is 2. The van der Waals surface area contributed by atoms with Crippen LogP contribution in [-0.4, -0.2) is 11.8 Å². The maximum atomic E-state index is 12.6. The quantitative estimate of drug-likeness (QED) is 0.784. The van der Waals surface area contributed by atoms with E-state index in [-0.39, 0.29) is 10.9 Å². The number of benzene rings is 1. The molecule has 1 aromatic carbocycles. The second-order valence-corrected chi connectivity index (χ2v) is 3.78. The van der Waals surface area contributed by atoms with Crippen LogP contribution in [0.3, 0.4) is 0 Å². The minimum Gasteiger partial charge on any atom is -0.417 e. The lowest BCUT2D eigenvalue weighted by Crippen LogP contribution is -2.07. The van der Waals surface area contributed by atoms with Crippen LogP contribution >= 0.6 is 0 Å². The zero-order valence-electron chi connectivity index (χ0n) is 9.67. The molecule has 94 valence electrons. The summed E-state index contributed by atoms with van der Waals surface area (Å²) in [5.41, 5.74) is 0.339. The maximum Gasteiger partial charge on any atom is 0.416 e. The van der Waals surface area contributed by atoms with Crippen LogP contribution in [-0.2, 0) is 6.18 Å². The number of nitriles is 1. The van der Waals surface area contributed by atoms with E-state index in [0.29, 0.717) is 11.2 Å². The first-order valence-electron chi connectivity index (χ1n) is 5.07. The van der Waals surface area contributed by atoms with Crippen molar-refractivity contribution < 1.29 is 18.0 Å². The highest BCUT2D eigenvalue weighted by atomic mass is 19.4. The minimum absolute atomic E-state index is 0.193. The topological polar surface area (TPSA) is 38.0 Å². The maximum absolute atomic E-state index is 12.6. The van der Waals surface area contributed by atoms with Crippen LogP contribution in [0.5, 0.6) is 0 Å². The lowest BCUT2D eigenvalue weighted by atomic mass is 10.1. The Kier molecular flexibility index (Phi) is 2.70. The van der Waals surface area contributed by atoms with Crippen molar-refractivity contribution in [3.05, 3.63) is 35.0 Å². The highest BCUT2D eigenvalue weighted by Crippen LogP contribution is 2.33. The first-order valence-corrected chi connectivity index (χ1v) is 5.07. The van der Waals surface area contributed by atoms with E-state index < -0.39 is 11.7 Å². The Morgan fingerprint density at radius 3 is 2.50 bits per heavy atom. The van der Waals surface area contributed by atoms with Gasteiger partial charge in [-0.25, -0.2) is 0 Å². The molecular formula is C12H9F3N2O. The van der Waals surface area contributed by atoms with Gasteiger partial charge in [0.2, 0.25) is 0 Å². The average Bonchev–Trinajstić information content (AvgIpc) is 2.58. The predicted molar refractivity (Wildman–Crippen MR) is 58.9 cm³/mol. The van der Waals surface area contributed by atoms with Crippen LogP contribution in [0.4, 0.5) is 13.2 Å². The number of alkyl halides is 3. The summed E-state index contributed by atoms with van der Waals surface area (Å²) in [6.45, 7) is 1.62. The van der Waals surface area contributed by atoms with Gasteiger partial charge in [0, 0.05) is 5.39 Å². The predicted octanol–water partition coefficient (Wildman–Crippen LogP) is 2.90. The molecule has 0 radical (unpaired) electrons. The molecule has 2 aromatic rings. The number of rotatable bonds is 1. The zero-order chi connectivity index (χ0) is 13.5. The van der Waals surface area contributed by atoms with Crippen molar-refractivity contribution in [2.75, 3.05) is 7.11 Å². The average molecular weight is 254 g/mol. The lowest BCUT2D eigenvalue weighted by Gasteiger charge is -2.07. The molecule has 0 unspecified atom stereocenters.